The molecule has 2 aliphatic carbocycles. The number of fused-ring (bicyclic) bond motifs is 1. The first-order valence-electron chi connectivity index (χ1n) is 7.33. The predicted octanol–water partition coefficient (Wildman–Crippen LogP) is 3.22. The number of nitro benzene ring substituents is 1. The Morgan fingerprint density at radius 2 is 2.19 bits per heavy atom. The Morgan fingerprint density at radius 3 is 2.90 bits per heavy atom. The fourth-order valence-corrected chi connectivity index (χ4v) is 5.23. The van der Waals surface area contributed by atoms with E-state index in [0.29, 0.717) is 23.8 Å². The second kappa shape index (κ2) is 4.68. The summed E-state index contributed by atoms with van der Waals surface area (Å²) in [6.07, 6.45) is 2.65. The van der Waals surface area contributed by atoms with Gasteiger partial charge >= 0.3 is 0 Å². The molecule has 3 fully saturated rings. The Labute approximate surface area is 131 Å². The molecule has 4 rings (SSSR count). The van der Waals surface area contributed by atoms with Gasteiger partial charge in [0, 0.05) is 24.2 Å². The lowest BCUT2D eigenvalue weighted by Crippen LogP contribution is -2.42. The molecule has 5 atom stereocenters. The molecule has 0 amide bonds. The molecule has 5 nitrogen and oxygen atoms in total. The molecule has 6 heteroatoms. The zero-order chi connectivity index (χ0) is 14.7. The van der Waals surface area contributed by atoms with Gasteiger partial charge in [0.15, 0.2) is 0 Å². The summed E-state index contributed by atoms with van der Waals surface area (Å²) >= 11 is 3.33. The maximum Gasteiger partial charge on any atom is 0.293 e. The first-order valence-corrected chi connectivity index (χ1v) is 8.13. The summed E-state index contributed by atoms with van der Waals surface area (Å²) < 4.78 is 6.47. The lowest BCUT2D eigenvalue weighted by atomic mass is 9.88. The van der Waals surface area contributed by atoms with Crippen molar-refractivity contribution >= 4 is 27.3 Å². The van der Waals surface area contributed by atoms with E-state index in [9.17, 15) is 10.1 Å². The fourth-order valence-electron chi connectivity index (χ4n) is 4.88. The topological polar surface area (TPSA) is 55.6 Å². The van der Waals surface area contributed by atoms with Crippen LogP contribution < -0.4 is 4.90 Å². The van der Waals surface area contributed by atoms with E-state index in [1.807, 2.05) is 12.1 Å². The van der Waals surface area contributed by atoms with Crippen LogP contribution in [0.3, 0.4) is 0 Å². The van der Waals surface area contributed by atoms with E-state index < -0.39 is 0 Å². The van der Waals surface area contributed by atoms with Crippen LogP contribution in [0.4, 0.5) is 11.4 Å². The Kier molecular flexibility index (Phi) is 3.01. The number of benzene rings is 1. The number of hydrogen-bond donors (Lipinski definition) is 0. The highest BCUT2D eigenvalue weighted by Crippen LogP contribution is 2.57. The highest BCUT2D eigenvalue weighted by atomic mass is 79.9. The molecule has 1 aromatic carbocycles. The second-order valence-electron chi connectivity index (χ2n) is 6.39. The van der Waals surface area contributed by atoms with Crippen molar-refractivity contribution in [2.75, 3.05) is 18.6 Å². The normalized spacial score (nSPS) is 36.5. The lowest BCUT2D eigenvalue weighted by Gasteiger charge is -2.32. The highest BCUT2D eigenvalue weighted by molar-refractivity contribution is 9.10. The fraction of sp³-hybridized carbons (Fsp3) is 0.600. The van der Waals surface area contributed by atoms with E-state index in [1.165, 1.54) is 12.8 Å². The molecule has 1 aromatic rings. The van der Waals surface area contributed by atoms with Crippen LogP contribution in [-0.2, 0) is 4.74 Å². The smallest absolute Gasteiger partial charge is 0.293 e. The maximum atomic E-state index is 11.4. The third-order valence-electron chi connectivity index (χ3n) is 5.53. The minimum absolute atomic E-state index is 0.184. The molecular formula is C15H17BrN2O3. The average molecular weight is 353 g/mol. The molecule has 21 heavy (non-hydrogen) atoms. The monoisotopic (exact) mass is 352 g/mol. The van der Waals surface area contributed by atoms with Crippen LogP contribution in [0.15, 0.2) is 22.7 Å². The number of nitrogens with zero attached hydrogens (tertiary/aromatic N) is 2. The van der Waals surface area contributed by atoms with E-state index in [-0.39, 0.29) is 16.7 Å². The van der Waals surface area contributed by atoms with Gasteiger partial charge in [-0.3, -0.25) is 10.1 Å². The standard InChI is InChI=1S/C15H17BrN2O3/c1-21-15-8-4-9-7-17(14(15)11(9)5-8)12-3-2-10(16)6-13(12)18(19)20/h2-3,6,8-9,11,14-15H,4-5,7H2,1H3/t8-,9-,11-,14-,15+/m0/s1. The predicted molar refractivity (Wildman–Crippen MR) is 82.4 cm³/mol. The van der Waals surface area contributed by atoms with Crippen molar-refractivity contribution in [3.05, 3.63) is 32.8 Å². The molecular weight excluding hydrogens is 336 g/mol. The third kappa shape index (κ3) is 1.85. The van der Waals surface area contributed by atoms with E-state index in [2.05, 4.69) is 20.8 Å². The summed E-state index contributed by atoms with van der Waals surface area (Å²) in [5, 5.41) is 11.4. The summed E-state index contributed by atoms with van der Waals surface area (Å²) in [7, 11) is 1.77. The van der Waals surface area contributed by atoms with Gasteiger partial charge in [-0.15, -0.1) is 0 Å². The molecule has 0 spiro atoms. The van der Waals surface area contributed by atoms with Gasteiger partial charge in [-0.2, -0.15) is 0 Å². The van der Waals surface area contributed by atoms with E-state index in [4.69, 9.17) is 4.74 Å². The summed E-state index contributed by atoms with van der Waals surface area (Å²) in [5.74, 6) is 1.95. The quantitative estimate of drug-likeness (QED) is 0.619. The lowest BCUT2D eigenvalue weighted by molar-refractivity contribution is -0.384. The molecule has 0 radical (unpaired) electrons. The van der Waals surface area contributed by atoms with Crippen molar-refractivity contribution < 1.29 is 9.66 Å². The molecule has 112 valence electrons. The number of anilines is 1. The maximum absolute atomic E-state index is 11.4. The van der Waals surface area contributed by atoms with Gasteiger partial charge < -0.3 is 9.64 Å². The molecule has 1 saturated heterocycles. The Hall–Kier alpha value is -1.14. The zero-order valence-corrected chi connectivity index (χ0v) is 13.3. The summed E-state index contributed by atoms with van der Waals surface area (Å²) in [6.45, 7) is 0.925. The Morgan fingerprint density at radius 1 is 1.38 bits per heavy atom. The van der Waals surface area contributed by atoms with E-state index in [0.717, 1.165) is 16.7 Å². The van der Waals surface area contributed by atoms with Gasteiger partial charge in [0.25, 0.3) is 5.69 Å². The van der Waals surface area contributed by atoms with Gasteiger partial charge in [-0.05, 0) is 42.7 Å². The average Bonchev–Trinajstić information content (AvgIpc) is 3.06. The van der Waals surface area contributed by atoms with Gasteiger partial charge in [0.1, 0.15) is 5.69 Å². The number of nitro groups is 1. The van der Waals surface area contributed by atoms with Crippen molar-refractivity contribution in [3.8, 4) is 0 Å². The molecule has 3 aliphatic rings. The van der Waals surface area contributed by atoms with Crippen LogP contribution in [0.5, 0.6) is 0 Å². The first kappa shape index (κ1) is 13.5. The van der Waals surface area contributed by atoms with Crippen molar-refractivity contribution in [3.63, 3.8) is 0 Å². The summed E-state index contributed by atoms with van der Waals surface area (Å²) in [4.78, 5) is 13.3. The number of hydrogen-bond acceptors (Lipinski definition) is 4. The van der Waals surface area contributed by atoms with Crippen LogP contribution in [0.1, 0.15) is 12.8 Å². The van der Waals surface area contributed by atoms with Gasteiger partial charge in [0.2, 0.25) is 0 Å². The number of methoxy groups -OCH3 is 1. The van der Waals surface area contributed by atoms with E-state index >= 15 is 0 Å². The van der Waals surface area contributed by atoms with Crippen molar-refractivity contribution in [2.45, 2.75) is 25.0 Å². The van der Waals surface area contributed by atoms with Crippen molar-refractivity contribution in [2.24, 2.45) is 17.8 Å². The molecule has 0 N–H and O–H groups in total. The molecule has 1 aliphatic heterocycles. The molecule has 2 bridgehead atoms. The molecule has 1 heterocycles. The van der Waals surface area contributed by atoms with Crippen molar-refractivity contribution in [1.29, 1.82) is 0 Å². The van der Waals surface area contributed by atoms with E-state index in [1.54, 1.807) is 13.2 Å². The number of rotatable bonds is 3. The number of ether oxygens (including phenoxy) is 1. The van der Waals surface area contributed by atoms with Gasteiger partial charge in [-0.1, -0.05) is 15.9 Å². The van der Waals surface area contributed by atoms with Crippen LogP contribution in [0.2, 0.25) is 0 Å². The molecule has 2 saturated carbocycles. The Balaban J connectivity index is 1.76. The van der Waals surface area contributed by atoms with Crippen LogP contribution >= 0.6 is 15.9 Å². The second-order valence-corrected chi connectivity index (χ2v) is 7.30. The van der Waals surface area contributed by atoms with Crippen molar-refractivity contribution in [1.82, 2.24) is 0 Å². The minimum Gasteiger partial charge on any atom is -0.379 e. The number of halogens is 1. The summed E-state index contributed by atoms with van der Waals surface area (Å²) in [5.41, 5.74) is 0.925. The molecule has 0 aromatic heterocycles. The zero-order valence-electron chi connectivity index (χ0n) is 11.7. The Bertz CT molecular complexity index is 607. The minimum atomic E-state index is -0.283. The van der Waals surface area contributed by atoms with Crippen LogP contribution in [0, 0.1) is 27.9 Å². The molecule has 0 unspecified atom stereocenters. The van der Waals surface area contributed by atoms with Crippen LogP contribution in [0.25, 0.3) is 0 Å². The summed E-state index contributed by atoms with van der Waals surface area (Å²) in [6, 6.07) is 5.66. The highest BCUT2D eigenvalue weighted by Gasteiger charge is 2.60. The first-order chi connectivity index (χ1) is 10.1. The largest absolute Gasteiger partial charge is 0.379 e. The van der Waals surface area contributed by atoms with Crippen LogP contribution in [-0.4, -0.2) is 30.7 Å². The third-order valence-corrected chi connectivity index (χ3v) is 6.03. The van der Waals surface area contributed by atoms with Gasteiger partial charge in [0.05, 0.1) is 17.1 Å². The SMILES string of the molecule is CO[C@@H]1[C@H]2C[C@H]3CN(c4ccc(Br)cc4[N+](=O)[O-])[C@H]1[C@H]3C2. The van der Waals surface area contributed by atoms with Gasteiger partial charge in [-0.25, -0.2) is 0 Å².